The molecule has 0 aliphatic carbocycles. The molecule has 2 atom stereocenters. The number of benzene rings is 1. The standard InChI is InChI=1S/C12H16N4O4/c1-7(13)11(17)14-8(2)12(18)15-9-3-5-10(6-4-9)16(19)20/h3-8H,13H2,1-2H3,(H,14,17)(H,15,18)/p+1. The maximum Gasteiger partial charge on any atom is 0.278 e. The molecular weight excluding hydrogens is 264 g/mol. The Morgan fingerprint density at radius 1 is 1.20 bits per heavy atom. The average Bonchev–Trinajstić information content (AvgIpc) is 2.38. The van der Waals surface area contributed by atoms with Crippen LogP contribution in [0.1, 0.15) is 13.8 Å². The predicted octanol–water partition coefficient (Wildman–Crippen LogP) is -0.332. The van der Waals surface area contributed by atoms with E-state index < -0.39 is 22.9 Å². The molecule has 0 aliphatic heterocycles. The molecule has 108 valence electrons. The lowest BCUT2D eigenvalue weighted by atomic mass is 10.2. The van der Waals surface area contributed by atoms with Crippen LogP contribution in [0, 0.1) is 10.1 Å². The molecule has 20 heavy (non-hydrogen) atoms. The SMILES string of the molecule is CC([NH3+])C(=O)NC(C)C(=O)Nc1ccc([N+](=O)[O-])cc1. The summed E-state index contributed by atoms with van der Waals surface area (Å²) in [5.74, 6) is -0.732. The van der Waals surface area contributed by atoms with Crippen LogP contribution in [0.5, 0.6) is 0 Å². The van der Waals surface area contributed by atoms with E-state index >= 15 is 0 Å². The lowest BCUT2D eigenvalue weighted by molar-refractivity contribution is -0.398. The Balaban J connectivity index is 2.61. The molecule has 0 bridgehead atoms. The molecule has 0 saturated carbocycles. The predicted molar refractivity (Wildman–Crippen MR) is 71.7 cm³/mol. The first-order chi connectivity index (χ1) is 9.31. The van der Waals surface area contributed by atoms with Gasteiger partial charge in [0.05, 0.1) is 4.92 Å². The fourth-order valence-electron chi connectivity index (χ4n) is 1.34. The second kappa shape index (κ2) is 6.62. The van der Waals surface area contributed by atoms with E-state index in [0.717, 1.165) is 0 Å². The Morgan fingerprint density at radius 3 is 2.20 bits per heavy atom. The maximum absolute atomic E-state index is 11.8. The highest BCUT2D eigenvalue weighted by Gasteiger charge is 2.19. The molecule has 8 heteroatoms. The minimum atomic E-state index is -0.720. The van der Waals surface area contributed by atoms with Crippen LogP contribution in [0.4, 0.5) is 11.4 Å². The van der Waals surface area contributed by atoms with Crippen LogP contribution < -0.4 is 16.4 Å². The van der Waals surface area contributed by atoms with Gasteiger partial charge in [-0.15, -0.1) is 0 Å². The summed E-state index contributed by atoms with van der Waals surface area (Å²) < 4.78 is 0. The molecule has 5 N–H and O–H groups in total. The second-order valence-corrected chi connectivity index (χ2v) is 4.42. The zero-order chi connectivity index (χ0) is 15.3. The first kappa shape index (κ1) is 15.6. The highest BCUT2D eigenvalue weighted by atomic mass is 16.6. The number of nitrogens with one attached hydrogen (secondary N) is 2. The molecule has 0 radical (unpaired) electrons. The number of nitro groups is 1. The van der Waals surface area contributed by atoms with Gasteiger partial charge in [-0.05, 0) is 26.0 Å². The van der Waals surface area contributed by atoms with Crippen molar-refractivity contribution in [3.8, 4) is 0 Å². The zero-order valence-corrected chi connectivity index (χ0v) is 11.3. The summed E-state index contributed by atoms with van der Waals surface area (Å²) in [6.45, 7) is 3.16. The maximum atomic E-state index is 11.8. The number of amides is 2. The third kappa shape index (κ3) is 4.32. The van der Waals surface area contributed by atoms with Crippen molar-refractivity contribution >= 4 is 23.2 Å². The van der Waals surface area contributed by atoms with Crippen LogP contribution in [0.3, 0.4) is 0 Å². The number of carbonyl (C=O) groups is 2. The molecule has 0 fully saturated rings. The smallest absolute Gasteiger partial charge is 0.278 e. The molecule has 1 aromatic rings. The van der Waals surface area contributed by atoms with E-state index in [1.807, 2.05) is 0 Å². The molecular formula is C12H17N4O4+. The van der Waals surface area contributed by atoms with E-state index in [-0.39, 0.29) is 11.6 Å². The fourth-order valence-corrected chi connectivity index (χ4v) is 1.34. The number of quaternary nitrogens is 1. The molecule has 0 aromatic heterocycles. The van der Waals surface area contributed by atoms with Crippen LogP contribution in [0.15, 0.2) is 24.3 Å². The number of non-ortho nitro benzene ring substituents is 1. The number of rotatable bonds is 5. The summed E-state index contributed by atoms with van der Waals surface area (Å²) in [6.07, 6.45) is 0. The molecule has 1 rings (SSSR count). The summed E-state index contributed by atoms with van der Waals surface area (Å²) in [7, 11) is 0. The van der Waals surface area contributed by atoms with E-state index in [1.165, 1.54) is 24.3 Å². The van der Waals surface area contributed by atoms with Crippen molar-refractivity contribution in [3.05, 3.63) is 34.4 Å². The number of carbonyl (C=O) groups excluding carboxylic acids is 2. The Kier molecular flexibility index (Phi) is 5.15. The quantitative estimate of drug-likeness (QED) is 0.504. The first-order valence-electron chi connectivity index (χ1n) is 6.00. The summed E-state index contributed by atoms with van der Waals surface area (Å²) in [5, 5.41) is 15.6. The summed E-state index contributed by atoms with van der Waals surface area (Å²) >= 11 is 0. The van der Waals surface area contributed by atoms with Crippen LogP contribution in [-0.4, -0.2) is 28.8 Å². The molecule has 8 nitrogen and oxygen atoms in total. The molecule has 2 unspecified atom stereocenters. The van der Waals surface area contributed by atoms with Crippen LogP contribution in [-0.2, 0) is 9.59 Å². The monoisotopic (exact) mass is 281 g/mol. The molecule has 0 aliphatic rings. The van der Waals surface area contributed by atoms with Gasteiger partial charge in [0, 0.05) is 17.8 Å². The van der Waals surface area contributed by atoms with Crippen molar-refractivity contribution in [2.75, 3.05) is 5.32 Å². The fraction of sp³-hybridized carbons (Fsp3) is 0.333. The highest BCUT2D eigenvalue weighted by molar-refractivity contribution is 5.97. The Bertz CT molecular complexity index is 513. The van der Waals surface area contributed by atoms with Gasteiger partial charge in [0.1, 0.15) is 6.04 Å². The van der Waals surface area contributed by atoms with Gasteiger partial charge >= 0.3 is 0 Å². The third-order valence-electron chi connectivity index (χ3n) is 2.55. The van der Waals surface area contributed by atoms with E-state index in [2.05, 4.69) is 16.4 Å². The van der Waals surface area contributed by atoms with Crippen molar-refractivity contribution in [3.63, 3.8) is 0 Å². The lowest BCUT2D eigenvalue weighted by Crippen LogP contribution is -2.67. The van der Waals surface area contributed by atoms with Crippen molar-refractivity contribution < 1.29 is 20.2 Å². The van der Waals surface area contributed by atoms with Crippen molar-refractivity contribution in [1.29, 1.82) is 0 Å². The highest BCUT2D eigenvalue weighted by Crippen LogP contribution is 2.15. The third-order valence-corrected chi connectivity index (χ3v) is 2.55. The van der Waals surface area contributed by atoms with Crippen molar-refractivity contribution in [2.24, 2.45) is 0 Å². The summed E-state index contributed by atoms with van der Waals surface area (Å²) in [5.41, 5.74) is 3.91. The topological polar surface area (TPSA) is 129 Å². The van der Waals surface area contributed by atoms with Crippen LogP contribution in [0.2, 0.25) is 0 Å². The first-order valence-corrected chi connectivity index (χ1v) is 6.00. The largest absolute Gasteiger partial charge is 0.348 e. The van der Waals surface area contributed by atoms with Crippen molar-refractivity contribution in [2.45, 2.75) is 25.9 Å². The molecule has 0 saturated heterocycles. The number of anilines is 1. The van der Waals surface area contributed by atoms with Gasteiger partial charge in [-0.1, -0.05) is 0 Å². The van der Waals surface area contributed by atoms with Gasteiger partial charge in [0.25, 0.3) is 11.6 Å². The normalized spacial score (nSPS) is 13.2. The summed E-state index contributed by atoms with van der Waals surface area (Å²) in [6, 6.07) is 4.25. The summed E-state index contributed by atoms with van der Waals surface area (Å²) in [4.78, 5) is 33.2. The van der Waals surface area contributed by atoms with E-state index in [9.17, 15) is 19.7 Å². The van der Waals surface area contributed by atoms with Gasteiger partial charge in [-0.3, -0.25) is 19.7 Å². The van der Waals surface area contributed by atoms with Gasteiger partial charge in [0.15, 0.2) is 6.04 Å². The minimum absolute atomic E-state index is 0.0600. The van der Waals surface area contributed by atoms with Crippen LogP contribution in [0.25, 0.3) is 0 Å². The molecule has 1 aromatic carbocycles. The Morgan fingerprint density at radius 2 is 1.75 bits per heavy atom. The van der Waals surface area contributed by atoms with Gasteiger partial charge in [-0.25, -0.2) is 0 Å². The number of nitro benzene ring substituents is 1. The van der Waals surface area contributed by atoms with Gasteiger partial charge in [-0.2, -0.15) is 0 Å². The number of nitrogens with zero attached hydrogens (tertiary/aromatic N) is 1. The Hall–Kier alpha value is -2.48. The van der Waals surface area contributed by atoms with E-state index in [0.29, 0.717) is 5.69 Å². The van der Waals surface area contributed by atoms with E-state index in [1.54, 1.807) is 13.8 Å². The lowest BCUT2D eigenvalue weighted by Gasteiger charge is -2.14. The second-order valence-electron chi connectivity index (χ2n) is 4.42. The average molecular weight is 281 g/mol. The number of hydrogen-bond acceptors (Lipinski definition) is 4. The Labute approximate surface area is 115 Å². The molecule has 0 spiro atoms. The van der Waals surface area contributed by atoms with Gasteiger partial charge < -0.3 is 16.4 Å². The molecule has 0 heterocycles. The minimum Gasteiger partial charge on any atom is -0.348 e. The van der Waals surface area contributed by atoms with Crippen LogP contribution >= 0.6 is 0 Å². The number of hydrogen-bond donors (Lipinski definition) is 3. The van der Waals surface area contributed by atoms with Crippen molar-refractivity contribution in [1.82, 2.24) is 5.32 Å². The van der Waals surface area contributed by atoms with Gasteiger partial charge in [0.2, 0.25) is 5.91 Å². The zero-order valence-electron chi connectivity index (χ0n) is 11.3. The molecule has 2 amide bonds. The van der Waals surface area contributed by atoms with E-state index in [4.69, 9.17) is 0 Å².